The van der Waals surface area contributed by atoms with Gasteiger partial charge in [-0.15, -0.1) is 0 Å². The number of hydrogen-bond donors (Lipinski definition) is 1. The highest BCUT2D eigenvalue weighted by Gasteiger charge is 2.18. The summed E-state index contributed by atoms with van der Waals surface area (Å²) in [5, 5.41) is 2.89. The molecule has 8 heteroatoms. The fourth-order valence-electron chi connectivity index (χ4n) is 4.89. The Balaban J connectivity index is 1.36. The minimum Gasteiger partial charge on any atom is -0.497 e. The zero-order valence-electron chi connectivity index (χ0n) is 21.4. The minimum absolute atomic E-state index is 0.0718. The van der Waals surface area contributed by atoms with Crippen LogP contribution in [0.2, 0.25) is 0 Å². The minimum atomic E-state index is 0.0718. The quantitative estimate of drug-likeness (QED) is 0.483. The molecule has 0 bridgehead atoms. The summed E-state index contributed by atoms with van der Waals surface area (Å²) < 4.78 is 11.0. The number of morpholine rings is 1. The van der Waals surface area contributed by atoms with Crippen LogP contribution in [0.15, 0.2) is 66.9 Å². The van der Waals surface area contributed by atoms with Crippen molar-refractivity contribution >= 4 is 17.3 Å². The lowest BCUT2D eigenvalue weighted by molar-refractivity contribution is -0.124. The number of carbonyl (C=O) groups is 1. The highest BCUT2D eigenvalue weighted by Crippen LogP contribution is 2.24. The zero-order valence-corrected chi connectivity index (χ0v) is 21.4. The number of aromatic nitrogens is 1. The third-order valence-corrected chi connectivity index (χ3v) is 6.86. The molecule has 194 valence electrons. The Morgan fingerprint density at radius 3 is 2.59 bits per heavy atom. The van der Waals surface area contributed by atoms with E-state index in [9.17, 15) is 4.79 Å². The van der Waals surface area contributed by atoms with E-state index in [-0.39, 0.29) is 5.91 Å². The fraction of sp³-hybridized carbons (Fsp3) is 0.379. The Hall–Kier alpha value is -3.62. The molecule has 1 aromatic heterocycles. The summed E-state index contributed by atoms with van der Waals surface area (Å²) in [6, 6.07) is 21.3. The lowest BCUT2D eigenvalue weighted by Gasteiger charge is -2.30. The molecule has 37 heavy (non-hydrogen) atoms. The van der Waals surface area contributed by atoms with E-state index >= 15 is 0 Å². The number of nitrogens with one attached hydrogen (secondary N) is 1. The second-order valence-corrected chi connectivity index (χ2v) is 9.54. The Labute approximate surface area is 218 Å². The van der Waals surface area contributed by atoms with E-state index in [1.54, 1.807) is 7.11 Å². The smallest absolute Gasteiger partial charge is 0.234 e. The molecular weight excluding hydrogens is 466 g/mol. The Morgan fingerprint density at radius 1 is 1.00 bits per heavy atom. The van der Waals surface area contributed by atoms with Gasteiger partial charge in [-0.25, -0.2) is 0 Å². The van der Waals surface area contributed by atoms with Crippen LogP contribution in [0, 0.1) is 0 Å². The van der Waals surface area contributed by atoms with Gasteiger partial charge in [-0.2, -0.15) is 0 Å². The molecule has 0 aliphatic carbocycles. The Morgan fingerprint density at radius 2 is 1.81 bits per heavy atom. The predicted molar refractivity (Wildman–Crippen MR) is 145 cm³/mol. The number of nitrogens with zero attached hydrogens (tertiary/aromatic N) is 4. The molecular formula is C29H35N5O3. The molecule has 2 aromatic carbocycles. The van der Waals surface area contributed by atoms with Crippen LogP contribution in [0.3, 0.4) is 0 Å². The molecule has 1 N–H and O–H groups in total. The van der Waals surface area contributed by atoms with Crippen LogP contribution in [0.1, 0.15) is 16.8 Å². The average Bonchev–Trinajstić information content (AvgIpc) is 2.94. The van der Waals surface area contributed by atoms with E-state index in [2.05, 4.69) is 73.5 Å². The van der Waals surface area contributed by atoms with Gasteiger partial charge >= 0.3 is 0 Å². The van der Waals surface area contributed by atoms with Gasteiger partial charge in [0.1, 0.15) is 5.75 Å². The van der Waals surface area contributed by atoms with Crippen molar-refractivity contribution in [3.63, 3.8) is 0 Å². The van der Waals surface area contributed by atoms with Gasteiger partial charge in [0.15, 0.2) is 0 Å². The van der Waals surface area contributed by atoms with Crippen LogP contribution in [0.25, 0.3) is 0 Å². The number of amides is 1. The number of ether oxygens (including phenoxy) is 2. The van der Waals surface area contributed by atoms with Crippen molar-refractivity contribution in [3.8, 4) is 5.75 Å². The van der Waals surface area contributed by atoms with E-state index < -0.39 is 0 Å². The number of carbonyl (C=O) groups excluding carboxylic acids is 1. The Kier molecular flexibility index (Phi) is 8.18. The van der Waals surface area contributed by atoms with E-state index in [1.165, 1.54) is 16.8 Å². The molecule has 8 nitrogen and oxygen atoms in total. The standard InChI is InChI=1S/C29H35N5O3/c1-36-28-4-2-3-24(17-28)20-34(19-23-5-7-26(8-6-23)33-13-15-37-16-14-33)27-9-10-30-25(18-27)21-32-12-11-31-29(35)22-32/h2-10,17-18H,11-16,19-22H2,1H3,(H,31,35). The van der Waals surface area contributed by atoms with Crippen molar-refractivity contribution in [1.29, 1.82) is 0 Å². The molecule has 2 aliphatic heterocycles. The number of benzene rings is 2. The predicted octanol–water partition coefficient (Wildman–Crippen LogP) is 3.07. The molecule has 2 saturated heterocycles. The van der Waals surface area contributed by atoms with Gasteiger partial charge in [-0.3, -0.25) is 14.7 Å². The van der Waals surface area contributed by atoms with Crippen LogP contribution >= 0.6 is 0 Å². The zero-order chi connectivity index (χ0) is 25.5. The summed E-state index contributed by atoms with van der Waals surface area (Å²) >= 11 is 0. The first-order chi connectivity index (χ1) is 18.2. The van der Waals surface area contributed by atoms with Crippen molar-refractivity contribution < 1.29 is 14.3 Å². The van der Waals surface area contributed by atoms with Gasteiger partial charge in [0, 0.05) is 63.4 Å². The van der Waals surface area contributed by atoms with Crippen molar-refractivity contribution in [2.45, 2.75) is 19.6 Å². The first kappa shape index (κ1) is 25.0. The highest BCUT2D eigenvalue weighted by atomic mass is 16.5. The number of anilines is 2. The third kappa shape index (κ3) is 6.78. The van der Waals surface area contributed by atoms with Crippen LogP contribution in [-0.4, -0.2) is 68.8 Å². The van der Waals surface area contributed by atoms with Crippen LogP contribution < -0.4 is 19.9 Å². The molecule has 2 fully saturated rings. The molecule has 0 spiro atoms. The molecule has 3 aromatic rings. The Bertz CT molecular complexity index is 1180. The van der Waals surface area contributed by atoms with Gasteiger partial charge in [0.25, 0.3) is 0 Å². The maximum atomic E-state index is 11.8. The maximum Gasteiger partial charge on any atom is 0.234 e. The number of rotatable bonds is 9. The number of hydrogen-bond acceptors (Lipinski definition) is 7. The van der Waals surface area contributed by atoms with E-state index in [4.69, 9.17) is 9.47 Å². The number of piperazine rings is 1. The SMILES string of the molecule is COc1cccc(CN(Cc2ccc(N3CCOCC3)cc2)c2ccnc(CN3CCNC(=O)C3)c2)c1. The summed E-state index contributed by atoms with van der Waals surface area (Å²) in [7, 11) is 1.70. The van der Waals surface area contributed by atoms with E-state index in [1.807, 2.05) is 18.3 Å². The topological polar surface area (TPSA) is 70.2 Å². The van der Waals surface area contributed by atoms with Crippen molar-refractivity contribution in [2.75, 3.05) is 62.8 Å². The average molecular weight is 502 g/mol. The molecule has 0 saturated carbocycles. The van der Waals surface area contributed by atoms with Gasteiger partial charge in [-0.1, -0.05) is 24.3 Å². The molecule has 0 atom stereocenters. The first-order valence-corrected chi connectivity index (χ1v) is 12.9. The molecule has 0 radical (unpaired) electrons. The lowest BCUT2D eigenvalue weighted by atomic mass is 10.1. The summed E-state index contributed by atoms with van der Waals surface area (Å²) in [5.74, 6) is 0.925. The molecule has 2 aliphatic rings. The van der Waals surface area contributed by atoms with E-state index in [0.29, 0.717) is 19.6 Å². The maximum absolute atomic E-state index is 11.8. The summed E-state index contributed by atoms with van der Waals surface area (Å²) in [5.41, 5.74) is 5.72. The fourth-order valence-corrected chi connectivity index (χ4v) is 4.89. The lowest BCUT2D eigenvalue weighted by Crippen LogP contribution is -2.47. The van der Waals surface area contributed by atoms with Crippen LogP contribution in [0.5, 0.6) is 5.75 Å². The van der Waals surface area contributed by atoms with Crippen molar-refractivity contribution in [2.24, 2.45) is 0 Å². The van der Waals surface area contributed by atoms with E-state index in [0.717, 1.165) is 63.1 Å². The van der Waals surface area contributed by atoms with Gasteiger partial charge < -0.3 is 24.6 Å². The molecule has 3 heterocycles. The van der Waals surface area contributed by atoms with Gasteiger partial charge in [0.2, 0.25) is 5.91 Å². The van der Waals surface area contributed by atoms with Crippen LogP contribution in [-0.2, 0) is 29.2 Å². The monoisotopic (exact) mass is 501 g/mol. The van der Waals surface area contributed by atoms with Gasteiger partial charge in [-0.05, 0) is 47.5 Å². The number of pyridine rings is 1. The largest absolute Gasteiger partial charge is 0.497 e. The molecule has 1 amide bonds. The number of methoxy groups -OCH3 is 1. The first-order valence-electron chi connectivity index (χ1n) is 12.9. The third-order valence-electron chi connectivity index (χ3n) is 6.86. The normalized spacial score (nSPS) is 16.4. The molecule has 0 unspecified atom stereocenters. The second-order valence-electron chi connectivity index (χ2n) is 9.54. The van der Waals surface area contributed by atoms with Crippen LogP contribution in [0.4, 0.5) is 11.4 Å². The summed E-state index contributed by atoms with van der Waals surface area (Å²) in [4.78, 5) is 23.3. The molecule has 5 rings (SSSR count). The van der Waals surface area contributed by atoms with Crippen molar-refractivity contribution in [3.05, 3.63) is 83.7 Å². The second kappa shape index (κ2) is 12.1. The summed E-state index contributed by atoms with van der Waals surface area (Å²) in [6.45, 7) is 7.50. The highest BCUT2D eigenvalue weighted by molar-refractivity contribution is 5.78. The van der Waals surface area contributed by atoms with Crippen molar-refractivity contribution in [1.82, 2.24) is 15.2 Å². The van der Waals surface area contributed by atoms with Gasteiger partial charge in [0.05, 0.1) is 32.6 Å². The summed E-state index contributed by atoms with van der Waals surface area (Å²) in [6.07, 6.45) is 1.87.